The number of benzene rings is 2. The molecule has 0 atom stereocenters. The number of carbonyl (C=O) groups is 2. The molecule has 0 saturated carbocycles. The largest absolute Gasteiger partial charge is 0.482 e. The summed E-state index contributed by atoms with van der Waals surface area (Å²) in [6.45, 7) is 4.96. The Hall–Kier alpha value is -3.41. The number of ketones is 1. The number of Topliss-reactive ketones (excluding diaryl/α,β-unsaturated/α-hetero) is 1. The molecule has 0 aliphatic carbocycles. The van der Waals surface area contributed by atoms with Crippen LogP contribution in [-0.4, -0.2) is 18.4 Å². The van der Waals surface area contributed by atoms with Gasteiger partial charge in [-0.2, -0.15) is 0 Å². The van der Waals surface area contributed by atoms with Gasteiger partial charge in [0.2, 0.25) is 0 Å². The van der Waals surface area contributed by atoms with E-state index >= 15 is 0 Å². The summed E-state index contributed by atoms with van der Waals surface area (Å²) < 4.78 is 16.1. The van der Waals surface area contributed by atoms with Gasteiger partial charge in [-0.15, -0.1) is 0 Å². The van der Waals surface area contributed by atoms with E-state index in [0.717, 1.165) is 16.5 Å². The van der Waals surface area contributed by atoms with Crippen molar-refractivity contribution >= 4 is 22.7 Å². The van der Waals surface area contributed by atoms with E-state index in [1.54, 1.807) is 30.3 Å². The Morgan fingerprint density at radius 3 is 2.43 bits per heavy atom. The van der Waals surface area contributed by atoms with Crippen LogP contribution in [0.25, 0.3) is 11.0 Å². The maximum absolute atomic E-state index is 12.2. The Morgan fingerprint density at radius 1 is 1.07 bits per heavy atom. The van der Waals surface area contributed by atoms with Gasteiger partial charge < -0.3 is 13.9 Å². The molecule has 0 aliphatic heterocycles. The highest BCUT2D eigenvalue weighted by Gasteiger charge is 2.13. The molecule has 0 spiro atoms. The average Bonchev–Trinajstić information content (AvgIpc) is 2.66. The second-order valence-electron chi connectivity index (χ2n) is 6.40. The van der Waals surface area contributed by atoms with E-state index in [0.29, 0.717) is 29.1 Å². The second kappa shape index (κ2) is 8.08. The third-order valence-electron chi connectivity index (χ3n) is 4.35. The van der Waals surface area contributed by atoms with Crippen molar-refractivity contribution in [2.45, 2.75) is 27.2 Å². The minimum atomic E-state index is -0.584. The SMILES string of the molecule is CCc1cc2c(C)cc(=O)oc2cc1OC(=O)COc1ccc(C(C)=O)cc1. The van der Waals surface area contributed by atoms with E-state index in [1.165, 1.54) is 13.0 Å². The van der Waals surface area contributed by atoms with Crippen molar-refractivity contribution in [3.63, 3.8) is 0 Å². The normalized spacial score (nSPS) is 10.7. The smallest absolute Gasteiger partial charge is 0.349 e. The molecule has 144 valence electrons. The summed E-state index contributed by atoms with van der Waals surface area (Å²) in [4.78, 5) is 35.1. The third-order valence-corrected chi connectivity index (χ3v) is 4.35. The van der Waals surface area contributed by atoms with Crippen LogP contribution in [0.1, 0.15) is 35.3 Å². The fraction of sp³-hybridized carbons (Fsp3) is 0.227. The maximum atomic E-state index is 12.2. The molecule has 1 aromatic heterocycles. The lowest BCUT2D eigenvalue weighted by Gasteiger charge is -2.12. The van der Waals surface area contributed by atoms with Crippen molar-refractivity contribution in [2.75, 3.05) is 6.61 Å². The van der Waals surface area contributed by atoms with Crippen molar-refractivity contribution in [3.8, 4) is 11.5 Å². The number of hydrogen-bond donors (Lipinski definition) is 0. The van der Waals surface area contributed by atoms with Crippen molar-refractivity contribution in [1.82, 2.24) is 0 Å². The van der Waals surface area contributed by atoms with Crippen LogP contribution in [0.2, 0.25) is 0 Å². The standard InChI is InChI=1S/C22H20O6/c1-4-15-10-18-13(2)9-21(24)28-20(18)11-19(15)27-22(25)12-26-17-7-5-16(6-8-17)14(3)23/h5-11H,4,12H2,1-3H3. The van der Waals surface area contributed by atoms with E-state index in [-0.39, 0.29) is 12.4 Å². The van der Waals surface area contributed by atoms with Crippen LogP contribution < -0.4 is 15.1 Å². The lowest BCUT2D eigenvalue weighted by atomic mass is 10.1. The molecule has 0 N–H and O–H groups in total. The Balaban J connectivity index is 1.75. The van der Waals surface area contributed by atoms with Crippen LogP contribution >= 0.6 is 0 Å². The number of fused-ring (bicyclic) bond motifs is 1. The summed E-state index contributed by atoms with van der Waals surface area (Å²) in [6, 6.07) is 11.3. The monoisotopic (exact) mass is 380 g/mol. The van der Waals surface area contributed by atoms with Crippen LogP contribution in [-0.2, 0) is 11.2 Å². The van der Waals surface area contributed by atoms with Gasteiger partial charge in [0.25, 0.3) is 0 Å². The minimum absolute atomic E-state index is 0.0451. The van der Waals surface area contributed by atoms with Crippen LogP contribution in [0.5, 0.6) is 11.5 Å². The Labute approximate surface area is 161 Å². The molecule has 2 aromatic carbocycles. The number of rotatable bonds is 6. The summed E-state index contributed by atoms with van der Waals surface area (Å²) in [6.07, 6.45) is 0.643. The van der Waals surface area contributed by atoms with Crippen LogP contribution in [0.15, 0.2) is 51.7 Å². The lowest BCUT2D eigenvalue weighted by Crippen LogP contribution is -2.18. The summed E-state index contributed by atoms with van der Waals surface area (Å²) >= 11 is 0. The zero-order chi connectivity index (χ0) is 20.3. The molecule has 6 heteroatoms. The van der Waals surface area contributed by atoms with Crippen molar-refractivity contribution in [1.29, 1.82) is 0 Å². The minimum Gasteiger partial charge on any atom is -0.482 e. The van der Waals surface area contributed by atoms with Gasteiger partial charge in [0.05, 0.1) is 0 Å². The summed E-state index contributed by atoms with van der Waals surface area (Å²) in [5.41, 5.74) is 2.10. The van der Waals surface area contributed by atoms with Gasteiger partial charge in [0, 0.05) is 23.1 Å². The van der Waals surface area contributed by atoms with Gasteiger partial charge in [-0.1, -0.05) is 6.92 Å². The second-order valence-corrected chi connectivity index (χ2v) is 6.40. The average molecular weight is 380 g/mol. The van der Waals surface area contributed by atoms with Crippen LogP contribution in [0.3, 0.4) is 0 Å². The van der Waals surface area contributed by atoms with Gasteiger partial charge >= 0.3 is 11.6 Å². The fourth-order valence-corrected chi connectivity index (χ4v) is 2.84. The molecule has 6 nitrogen and oxygen atoms in total. The summed E-state index contributed by atoms with van der Waals surface area (Å²) in [5.74, 6) is 0.165. The Kier molecular flexibility index (Phi) is 5.59. The van der Waals surface area contributed by atoms with Crippen LogP contribution in [0, 0.1) is 6.92 Å². The summed E-state index contributed by atoms with van der Waals surface area (Å²) in [7, 11) is 0. The number of ether oxygens (including phenoxy) is 2. The molecule has 0 amide bonds. The van der Waals surface area contributed by atoms with Gasteiger partial charge in [-0.25, -0.2) is 9.59 Å². The first-order valence-corrected chi connectivity index (χ1v) is 8.89. The Bertz CT molecular complexity index is 1090. The number of esters is 1. The summed E-state index contributed by atoms with van der Waals surface area (Å²) in [5, 5.41) is 0.804. The quantitative estimate of drug-likeness (QED) is 0.280. The van der Waals surface area contributed by atoms with E-state index in [2.05, 4.69) is 0 Å². The van der Waals surface area contributed by atoms with Gasteiger partial charge in [0.1, 0.15) is 17.1 Å². The molecule has 1 heterocycles. The third kappa shape index (κ3) is 4.28. The van der Waals surface area contributed by atoms with E-state index in [9.17, 15) is 14.4 Å². The zero-order valence-electron chi connectivity index (χ0n) is 15.9. The fourth-order valence-electron chi connectivity index (χ4n) is 2.84. The van der Waals surface area contributed by atoms with Gasteiger partial charge in [0.15, 0.2) is 12.4 Å². The van der Waals surface area contributed by atoms with Crippen molar-refractivity contribution in [3.05, 3.63) is 69.6 Å². The molecular weight excluding hydrogens is 360 g/mol. The molecule has 3 rings (SSSR count). The molecule has 0 aliphatic rings. The molecule has 0 fully saturated rings. The predicted molar refractivity (Wildman–Crippen MR) is 104 cm³/mol. The topological polar surface area (TPSA) is 82.8 Å². The molecule has 0 radical (unpaired) electrons. The first-order valence-electron chi connectivity index (χ1n) is 8.89. The van der Waals surface area contributed by atoms with Crippen molar-refractivity contribution < 1.29 is 23.5 Å². The Morgan fingerprint density at radius 2 is 1.79 bits per heavy atom. The number of aryl methyl sites for hydroxylation is 2. The predicted octanol–water partition coefficient (Wildman–Crippen LogP) is 3.85. The van der Waals surface area contributed by atoms with E-state index < -0.39 is 11.6 Å². The highest BCUT2D eigenvalue weighted by atomic mass is 16.6. The highest BCUT2D eigenvalue weighted by Crippen LogP contribution is 2.28. The molecular formula is C22H20O6. The highest BCUT2D eigenvalue weighted by molar-refractivity contribution is 5.94. The molecule has 0 bridgehead atoms. The number of carbonyl (C=O) groups excluding carboxylic acids is 2. The molecule has 3 aromatic rings. The van der Waals surface area contributed by atoms with Gasteiger partial charge in [-0.05, 0) is 61.7 Å². The van der Waals surface area contributed by atoms with Crippen LogP contribution in [0.4, 0.5) is 0 Å². The molecule has 0 unspecified atom stereocenters. The molecule has 28 heavy (non-hydrogen) atoms. The van der Waals surface area contributed by atoms with Crippen molar-refractivity contribution in [2.24, 2.45) is 0 Å². The number of hydrogen-bond acceptors (Lipinski definition) is 6. The molecule has 0 saturated heterocycles. The van der Waals surface area contributed by atoms with E-state index in [1.807, 2.05) is 19.9 Å². The first kappa shape index (κ1) is 19.4. The first-order chi connectivity index (χ1) is 13.4. The zero-order valence-corrected chi connectivity index (χ0v) is 15.9. The maximum Gasteiger partial charge on any atom is 0.349 e. The lowest BCUT2D eigenvalue weighted by molar-refractivity contribution is -0.136. The van der Waals surface area contributed by atoms with E-state index in [4.69, 9.17) is 13.9 Å². The van der Waals surface area contributed by atoms with Gasteiger partial charge in [-0.3, -0.25) is 4.79 Å².